The summed E-state index contributed by atoms with van der Waals surface area (Å²) in [4.78, 5) is 59.7. The van der Waals surface area contributed by atoms with Crippen LogP contribution in [0.3, 0.4) is 0 Å². The number of nitrogens with one attached hydrogen (secondary N) is 1. The van der Waals surface area contributed by atoms with Crippen LogP contribution >= 0.6 is 0 Å². The molecule has 0 aliphatic carbocycles. The van der Waals surface area contributed by atoms with Crippen LogP contribution in [0.25, 0.3) is 0 Å². The Balaban J connectivity index is 1.43. The van der Waals surface area contributed by atoms with Gasteiger partial charge in [0, 0.05) is 31.8 Å². The van der Waals surface area contributed by atoms with Crippen LogP contribution in [0, 0.1) is 25.7 Å². The molecule has 2 aromatic rings. The smallest absolute Gasteiger partial charge is 0.313 e. The Morgan fingerprint density at radius 1 is 0.936 bits per heavy atom. The fraction of sp³-hybridized carbons (Fsp3) is 0.459. The first-order valence-electron chi connectivity index (χ1n) is 16.6. The number of nitrogens with zero attached hydrogens (tertiary/aromatic N) is 2. The van der Waals surface area contributed by atoms with E-state index in [-0.39, 0.29) is 50.4 Å². The fourth-order valence-corrected chi connectivity index (χ4v) is 7.62. The normalized spacial score (nSPS) is 30.0. The van der Waals surface area contributed by atoms with Crippen LogP contribution in [0.15, 0.2) is 72.8 Å². The topological polar surface area (TPSA) is 125 Å². The highest BCUT2D eigenvalue weighted by Crippen LogP contribution is 2.56. The summed E-state index contributed by atoms with van der Waals surface area (Å²) in [5, 5.41) is 12.3. The summed E-state index contributed by atoms with van der Waals surface area (Å²) in [6, 6.07) is 14.0. The number of cyclic esters (lactones) is 1. The zero-order valence-electron chi connectivity index (χ0n) is 27.0. The van der Waals surface area contributed by atoms with Gasteiger partial charge < -0.3 is 29.7 Å². The molecular formula is C37H43N3O7. The van der Waals surface area contributed by atoms with Crippen molar-refractivity contribution in [2.24, 2.45) is 11.8 Å². The standard InChI is InChI=1S/C37H43N3O7/c1-24-13-12-14-25(2)32(24)39-20-9-4-8-17-29(42)38-23-28(26-15-6-3-7-16-26)46-36(45)30-27-18-19-37(47-27)31(30)34(43)40(33(37)35(39)44)21-10-5-11-22-41/h3-4,6-7,9,12-16,18-19,27-28,30-31,33,41H,5,8,10-11,17,20-23H2,1-2H3,(H,38,42)/b9-4-/t27-,28-,30+,31+,33-,37+/m1/s1. The first-order chi connectivity index (χ1) is 22.8. The van der Waals surface area contributed by atoms with Crippen molar-refractivity contribution in [1.82, 2.24) is 10.2 Å². The van der Waals surface area contributed by atoms with Crippen molar-refractivity contribution in [2.45, 2.75) is 69.8 Å². The number of unbranched alkanes of at least 4 members (excludes halogenated alkanes) is 2. The van der Waals surface area contributed by atoms with Crippen molar-refractivity contribution in [2.75, 3.05) is 31.1 Å². The van der Waals surface area contributed by atoms with E-state index in [0.29, 0.717) is 31.2 Å². The zero-order chi connectivity index (χ0) is 33.1. The molecule has 0 unspecified atom stereocenters. The number of fused-ring (bicyclic) bond motifs is 2. The van der Waals surface area contributed by atoms with Gasteiger partial charge in [0.2, 0.25) is 11.8 Å². The Hall–Kier alpha value is -4.28. The summed E-state index contributed by atoms with van der Waals surface area (Å²) < 4.78 is 12.7. The molecule has 4 heterocycles. The van der Waals surface area contributed by atoms with Crippen molar-refractivity contribution in [3.05, 3.63) is 89.5 Å². The van der Waals surface area contributed by atoms with Gasteiger partial charge in [-0.25, -0.2) is 0 Å². The first kappa shape index (κ1) is 32.7. The summed E-state index contributed by atoms with van der Waals surface area (Å²) in [5.74, 6) is -3.31. The second kappa shape index (κ2) is 13.8. The number of amides is 3. The van der Waals surface area contributed by atoms with Crippen LogP contribution in [0.1, 0.15) is 54.9 Å². The number of rotatable bonds is 7. The number of allylic oxidation sites excluding steroid dienone is 1. The number of benzene rings is 2. The molecule has 0 radical (unpaired) electrons. The Bertz CT molecular complexity index is 1550. The van der Waals surface area contributed by atoms with Gasteiger partial charge in [-0.15, -0.1) is 0 Å². The SMILES string of the molecule is Cc1cccc(C)c1N1C/C=C\CCC(=O)NC[C@H](c2ccccc2)OC(=O)[C@@H]2[C@H]3C(=O)N(CCCCCO)[C@H](C1=O)[C@]31C=C[C@H]2O1. The van der Waals surface area contributed by atoms with Gasteiger partial charge in [-0.2, -0.15) is 0 Å². The summed E-state index contributed by atoms with van der Waals surface area (Å²) in [5.41, 5.74) is 1.94. The number of anilines is 1. The number of aryl methyl sites for hydroxylation is 2. The molecule has 0 aromatic heterocycles. The van der Waals surface area contributed by atoms with Gasteiger partial charge in [-0.1, -0.05) is 72.8 Å². The molecule has 4 aliphatic heterocycles. The van der Waals surface area contributed by atoms with Crippen molar-refractivity contribution in [1.29, 1.82) is 0 Å². The van der Waals surface area contributed by atoms with E-state index in [2.05, 4.69) is 5.32 Å². The fourth-order valence-electron chi connectivity index (χ4n) is 7.62. The van der Waals surface area contributed by atoms with E-state index in [1.54, 1.807) is 15.9 Å². The molecule has 2 aromatic carbocycles. The largest absolute Gasteiger partial charge is 0.455 e. The number of esters is 1. The lowest BCUT2D eigenvalue weighted by molar-refractivity contribution is -0.159. The van der Waals surface area contributed by atoms with E-state index in [4.69, 9.17) is 9.47 Å². The van der Waals surface area contributed by atoms with Crippen LogP contribution in [-0.2, 0) is 28.7 Å². The maximum atomic E-state index is 15.0. The third-order valence-electron chi connectivity index (χ3n) is 9.82. The number of aliphatic hydroxyl groups excluding tert-OH is 1. The lowest BCUT2D eigenvalue weighted by Gasteiger charge is -2.36. The van der Waals surface area contributed by atoms with Crippen LogP contribution < -0.4 is 10.2 Å². The van der Waals surface area contributed by atoms with Gasteiger partial charge in [0.15, 0.2) is 0 Å². The molecule has 4 aliphatic rings. The monoisotopic (exact) mass is 641 g/mol. The molecule has 6 atom stereocenters. The number of carbonyl (C=O) groups is 4. The predicted octanol–water partition coefficient (Wildman–Crippen LogP) is 3.70. The summed E-state index contributed by atoms with van der Waals surface area (Å²) in [6.07, 6.45) is 8.38. The first-order valence-corrected chi connectivity index (χ1v) is 16.6. The van der Waals surface area contributed by atoms with Gasteiger partial charge in [-0.3, -0.25) is 19.2 Å². The van der Waals surface area contributed by atoms with Crippen LogP contribution in [0.5, 0.6) is 0 Å². The number of aliphatic hydroxyl groups is 1. The number of para-hydroxylation sites is 1. The third-order valence-corrected chi connectivity index (χ3v) is 9.82. The minimum atomic E-state index is -1.34. The molecule has 6 rings (SSSR count). The van der Waals surface area contributed by atoms with E-state index < -0.39 is 41.7 Å². The molecule has 0 saturated carbocycles. The quantitative estimate of drug-likeness (QED) is 0.268. The van der Waals surface area contributed by atoms with Crippen molar-refractivity contribution < 1.29 is 33.8 Å². The lowest BCUT2D eigenvalue weighted by atomic mass is 9.74. The van der Waals surface area contributed by atoms with E-state index in [9.17, 15) is 19.5 Å². The molecule has 2 fully saturated rings. The highest BCUT2D eigenvalue weighted by atomic mass is 16.6. The maximum absolute atomic E-state index is 15.0. The van der Waals surface area contributed by atoms with E-state index >= 15 is 4.79 Å². The highest BCUT2D eigenvalue weighted by Gasteiger charge is 2.73. The van der Waals surface area contributed by atoms with Crippen LogP contribution in [0.4, 0.5) is 5.69 Å². The van der Waals surface area contributed by atoms with Gasteiger partial charge in [0.25, 0.3) is 5.91 Å². The van der Waals surface area contributed by atoms with Crippen molar-refractivity contribution in [3.8, 4) is 0 Å². The molecule has 248 valence electrons. The average Bonchev–Trinajstić information content (AvgIpc) is 3.71. The van der Waals surface area contributed by atoms with E-state index in [0.717, 1.165) is 16.8 Å². The number of carbonyl (C=O) groups excluding carboxylic acids is 4. The number of ether oxygens (including phenoxy) is 2. The molecular weight excluding hydrogens is 598 g/mol. The maximum Gasteiger partial charge on any atom is 0.313 e. The zero-order valence-corrected chi connectivity index (χ0v) is 27.0. The van der Waals surface area contributed by atoms with Crippen molar-refractivity contribution >= 4 is 29.4 Å². The van der Waals surface area contributed by atoms with Gasteiger partial charge in [-0.05, 0) is 56.2 Å². The minimum absolute atomic E-state index is 0.0417. The Morgan fingerprint density at radius 3 is 2.45 bits per heavy atom. The van der Waals surface area contributed by atoms with Crippen LogP contribution in [0.2, 0.25) is 0 Å². The Kier molecular flexibility index (Phi) is 9.61. The molecule has 47 heavy (non-hydrogen) atoms. The number of likely N-dealkylation sites (tertiary alicyclic amines) is 1. The van der Waals surface area contributed by atoms with Crippen LogP contribution in [-0.4, -0.2) is 77.7 Å². The Morgan fingerprint density at radius 2 is 1.70 bits per heavy atom. The van der Waals surface area contributed by atoms with E-state index in [1.165, 1.54) is 0 Å². The summed E-state index contributed by atoms with van der Waals surface area (Å²) in [6.45, 7) is 4.53. The molecule has 3 amide bonds. The second-order valence-electron chi connectivity index (χ2n) is 12.9. The minimum Gasteiger partial charge on any atom is -0.455 e. The molecule has 2 saturated heterocycles. The Labute approximate surface area is 275 Å². The molecule has 2 N–H and O–H groups in total. The van der Waals surface area contributed by atoms with Crippen molar-refractivity contribution in [3.63, 3.8) is 0 Å². The predicted molar refractivity (Wildman–Crippen MR) is 175 cm³/mol. The summed E-state index contributed by atoms with van der Waals surface area (Å²) in [7, 11) is 0. The lowest BCUT2D eigenvalue weighted by Crippen LogP contribution is -2.56. The van der Waals surface area contributed by atoms with Gasteiger partial charge in [0.1, 0.15) is 23.7 Å². The van der Waals surface area contributed by atoms with Gasteiger partial charge >= 0.3 is 5.97 Å². The number of hydrogen-bond donors (Lipinski definition) is 2. The molecule has 1 spiro atoms. The molecule has 5 bridgehead atoms. The molecule has 10 nitrogen and oxygen atoms in total. The second-order valence-corrected chi connectivity index (χ2v) is 12.9. The highest BCUT2D eigenvalue weighted by molar-refractivity contribution is 6.06. The average molecular weight is 642 g/mol. The number of hydrogen-bond acceptors (Lipinski definition) is 7. The molecule has 10 heteroatoms. The van der Waals surface area contributed by atoms with Gasteiger partial charge in [0.05, 0.1) is 18.6 Å². The van der Waals surface area contributed by atoms with E-state index in [1.807, 2.05) is 80.6 Å². The summed E-state index contributed by atoms with van der Waals surface area (Å²) >= 11 is 0. The third kappa shape index (κ3) is 6.12.